The average molecular weight is 415 g/mol. The number of rotatable bonds is 7. The fourth-order valence-corrected chi connectivity index (χ4v) is 3.85. The monoisotopic (exact) mass is 415 g/mol. The largest absolute Gasteiger partial charge is 0.471 e. The molecule has 1 aromatic carbocycles. The third-order valence-corrected chi connectivity index (χ3v) is 5.55. The molecule has 0 unspecified atom stereocenters. The molecule has 2 N–H and O–H groups in total. The van der Waals surface area contributed by atoms with Gasteiger partial charge < -0.3 is 15.2 Å². The van der Waals surface area contributed by atoms with Gasteiger partial charge in [-0.05, 0) is 36.5 Å². The third kappa shape index (κ3) is 4.33. The Hall–Kier alpha value is -2.87. The first-order chi connectivity index (χ1) is 14.4. The van der Waals surface area contributed by atoms with E-state index in [4.69, 9.17) is 4.74 Å². The first-order valence-corrected chi connectivity index (χ1v) is 9.95. The number of fused-ring (bicyclic) bond motifs is 1. The number of carbonyl (C=O) groups excluding carboxylic acids is 1. The second kappa shape index (κ2) is 8.47. The molecule has 30 heavy (non-hydrogen) atoms. The van der Waals surface area contributed by atoms with Gasteiger partial charge >= 0.3 is 0 Å². The van der Waals surface area contributed by atoms with Crippen molar-refractivity contribution >= 4 is 11.8 Å². The molecule has 1 fully saturated rings. The summed E-state index contributed by atoms with van der Waals surface area (Å²) in [4.78, 5) is 21.1. The second-order valence-corrected chi connectivity index (χ2v) is 7.70. The summed E-state index contributed by atoms with van der Waals surface area (Å²) < 4.78 is 29.7. The third-order valence-electron chi connectivity index (χ3n) is 5.55. The average Bonchev–Trinajstić information content (AvgIpc) is 3.11. The van der Waals surface area contributed by atoms with E-state index in [0.29, 0.717) is 30.6 Å². The van der Waals surface area contributed by atoms with Gasteiger partial charge in [0.25, 0.3) is 6.43 Å². The number of hydrogen-bond acceptors (Lipinski definition) is 5. The van der Waals surface area contributed by atoms with Gasteiger partial charge in [-0.2, -0.15) is 0 Å². The van der Waals surface area contributed by atoms with Crippen LogP contribution in [-0.4, -0.2) is 40.5 Å². The van der Waals surface area contributed by atoms with Crippen molar-refractivity contribution in [2.24, 2.45) is 4.99 Å². The zero-order chi connectivity index (χ0) is 21.1. The predicted molar refractivity (Wildman–Crippen MR) is 106 cm³/mol. The first kappa shape index (κ1) is 20.4. The van der Waals surface area contributed by atoms with Gasteiger partial charge in [-0.15, -0.1) is 0 Å². The van der Waals surface area contributed by atoms with Crippen molar-refractivity contribution in [1.29, 1.82) is 0 Å². The van der Waals surface area contributed by atoms with Crippen LogP contribution in [0.1, 0.15) is 47.7 Å². The van der Waals surface area contributed by atoms with Crippen LogP contribution in [0.4, 0.5) is 8.78 Å². The van der Waals surface area contributed by atoms with Crippen LogP contribution in [0.3, 0.4) is 0 Å². The Morgan fingerprint density at radius 3 is 2.70 bits per heavy atom. The van der Waals surface area contributed by atoms with Gasteiger partial charge in [-0.25, -0.2) is 13.8 Å². The van der Waals surface area contributed by atoms with Crippen LogP contribution in [0.5, 0.6) is 0 Å². The van der Waals surface area contributed by atoms with Crippen LogP contribution in [0.2, 0.25) is 0 Å². The quantitative estimate of drug-likeness (QED) is 0.728. The number of nitrogens with one attached hydrogen (secondary N) is 1. The number of halogens is 2. The number of ether oxygens (including phenoxy) is 1. The zero-order valence-corrected chi connectivity index (χ0v) is 16.4. The number of aliphatic imine (C=N–C) groups is 1. The summed E-state index contributed by atoms with van der Waals surface area (Å²) in [5.41, 5.74) is 1.83. The molecule has 2 heterocycles. The molecular formula is C22H23F2N3O3. The number of benzene rings is 1. The number of alkyl halides is 2. The van der Waals surface area contributed by atoms with Crippen molar-refractivity contribution in [3.8, 4) is 0 Å². The number of aromatic nitrogens is 1. The minimum atomic E-state index is -2.57. The van der Waals surface area contributed by atoms with Crippen molar-refractivity contribution in [2.75, 3.05) is 6.61 Å². The molecule has 6 nitrogen and oxygen atoms in total. The van der Waals surface area contributed by atoms with Crippen LogP contribution in [0.25, 0.3) is 0 Å². The highest BCUT2D eigenvalue weighted by Gasteiger charge is 2.43. The Balaban J connectivity index is 1.43. The molecule has 0 radical (unpaired) electrons. The lowest BCUT2D eigenvalue weighted by Gasteiger charge is -2.43. The number of nitrogens with zero attached hydrogens (tertiary/aromatic N) is 2. The van der Waals surface area contributed by atoms with Gasteiger partial charge in [0.2, 0.25) is 11.8 Å². The van der Waals surface area contributed by atoms with E-state index < -0.39 is 24.7 Å². The Morgan fingerprint density at radius 2 is 2.03 bits per heavy atom. The van der Waals surface area contributed by atoms with Gasteiger partial charge in [-0.1, -0.05) is 30.3 Å². The molecule has 1 atom stereocenters. The minimum absolute atomic E-state index is 0.0416. The summed E-state index contributed by atoms with van der Waals surface area (Å²) in [7, 11) is 0. The number of pyridine rings is 1. The van der Waals surface area contributed by atoms with Crippen LogP contribution in [-0.2, 0) is 22.5 Å². The maximum atomic E-state index is 12.7. The molecule has 1 aromatic heterocycles. The van der Waals surface area contributed by atoms with Crippen molar-refractivity contribution < 1.29 is 23.4 Å². The van der Waals surface area contributed by atoms with E-state index in [1.807, 2.05) is 30.3 Å². The molecule has 4 rings (SSSR count). The molecular weight excluding hydrogens is 392 g/mol. The van der Waals surface area contributed by atoms with E-state index in [1.165, 1.54) is 6.20 Å². The summed E-state index contributed by atoms with van der Waals surface area (Å²) in [5, 5.41) is 13.8. The molecule has 1 saturated carbocycles. The van der Waals surface area contributed by atoms with E-state index in [-0.39, 0.29) is 18.2 Å². The van der Waals surface area contributed by atoms with Gasteiger partial charge in [0.1, 0.15) is 0 Å². The number of aliphatic hydroxyl groups is 1. The second-order valence-electron chi connectivity index (χ2n) is 7.70. The molecule has 0 spiro atoms. The summed E-state index contributed by atoms with van der Waals surface area (Å²) in [5.74, 6) is -0.0881. The lowest BCUT2D eigenvalue weighted by atomic mass is 9.72. The van der Waals surface area contributed by atoms with Crippen LogP contribution < -0.4 is 5.32 Å². The van der Waals surface area contributed by atoms with Crippen molar-refractivity contribution in [2.45, 2.75) is 50.3 Å². The van der Waals surface area contributed by atoms with Crippen LogP contribution >= 0.6 is 0 Å². The van der Waals surface area contributed by atoms with Crippen molar-refractivity contribution in [3.05, 3.63) is 65.0 Å². The topological polar surface area (TPSA) is 83.8 Å². The standard InChI is InChI=1S/C22H23F2N3O3/c23-18(24)13-30-21-17-12-25-16(9-15(17)11-26-21)10-19(28)27-20(22(29)7-4-8-22)14-5-2-1-3-6-14/h1-3,5-6,9,12,18,20,29H,4,7-8,10-11,13H2,(H,27,28)/t20-/m0/s1. The van der Waals surface area contributed by atoms with E-state index in [0.717, 1.165) is 17.5 Å². The van der Waals surface area contributed by atoms with Gasteiger partial charge in [0, 0.05) is 6.20 Å². The number of hydrogen-bond donors (Lipinski definition) is 2. The first-order valence-electron chi connectivity index (χ1n) is 9.95. The molecule has 1 amide bonds. The Bertz CT molecular complexity index is 946. The molecule has 158 valence electrons. The molecule has 2 aromatic rings. The van der Waals surface area contributed by atoms with Crippen LogP contribution in [0.15, 0.2) is 47.6 Å². The van der Waals surface area contributed by atoms with E-state index in [2.05, 4.69) is 15.3 Å². The molecule has 1 aliphatic heterocycles. The predicted octanol–water partition coefficient (Wildman–Crippen LogP) is 2.94. The summed E-state index contributed by atoms with van der Waals surface area (Å²) >= 11 is 0. The maximum Gasteiger partial charge on any atom is 0.272 e. The number of carbonyl (C=O) groups is 1. The lowest BCUT2D eigenvalue weighted by Crippen LogP contribution is -2.50. The zero-order valence-electron chi connectivity index (χ0n) is 16.4. The van der Waals surface area contributed by atoms with Crippen molar-refractivity contribution in [3.63, 3.8) is 0 Å². The van der Waals surface area contributed by atoms with Crippen LogP contribution in [0, 0.1) is 0 Å². The minimum Gasteiger partial charge on any atom is -0.471 e. The Kier molecular flexibility index (Phi) is 5.76. The lowest BCUT2D eigenvalue weighted by molar-refractivity contribution is -0.126. The highest BCUT2D eigenvalue weighted by Crippen LogP contribution is 2.42. The molecule has 1 aliphatic carbocycles. The SMILES string of the molecule is O=C(Cc1cc2c(cn1)C(OCC(F)F)=NC2)N[C@@H](c1ccccc1)C1(O)CCC1. The van der Waals surface area contributed by atoms with E-state index in [9.17, 15) is 18.7 Å². The smallest absolute Gasteiger partial charge is 0.272 e. The molecule has 2 aliphatic rings. The highest BCUT2D eigenvalue weighted by atomic mass is 19.3. The fourth-order valence-electron chi connectivity index (χ4n) is 3.85. The Morgan fingerprint density at radius 1 is 1.27 bits per heavy atom. The van der Waals surface area contributed by atoms with Gasteiger partial charge in [0.15, 0.2) is 6.61 Å². The highest BCUT2D eigenvalue weighted by molar-refractivity contribution is 5.97. The molecule has 0 bridgehead atoms. The Labute approximate surface area is 173 Å². The summed E-state index contributed by atoms with van der Waals surface area (Å²) in [6.07, 6.45) is 1.18. The molecule has 0 saturated heterocycles. The molecule has 8 heteroatoms. The fraction of sp³-hybridized carbons (Fsp3) is 0.409. The van der Waals surface area contributed by atoms with E-state index >= 15 is 0 Å². The normalized spacial score (nSPS) is 17.7. The van der Waals surface area contributed by atoms with Gasteiger partial charge in [0.05, 0.1) is 35.9 Å². The van der Waals surface area contributed by atoms with Crippen molar-refractivity contribution in [1.82, 2.24) is 10.3 Å². The maximum absolute atomic E-state index is 12.7. The summed E-state index contributed by atoms with van der Waals surface area (Å²) in [6, 6.07) is 10.7. The van der Waals surface area contributed by atoms with Gasteiger partial charge in [-0.3, -0.25) is 9.78 Å². The summed E-state index contributed by atoms with van der Waals surface area (Å²) in [6.45, 7) is -0.413. The van der Waals surface area contributed by atoms with E-state index in [1.54, 1.807) is 6.07 Å². The number of amides is 1.